The molecule has 0 bridgehead atoms. The molecule has 0 N–H and O–H groups in total. The third-order valence-corrected chi connectivity index (χ3v) is 8.65. The van der Waals surface area contributed by atoms with Gasteiger partial charge in [0.1, 0.15) is 12.4 Å². The predicted molar refractivity (Wildman–Crippen MR) is 156 cm³/mol. The van der Waals surface area contributed by atoms with Crippen LogP contribution in [0.4, 0.5) is 11.5 Å². The average Bonchev–Trinajstić information content (AvgIpc) is 3.39. The van der Waals surface area contributed by atoms with Crippen molar-refractivity contribution in [2.45, 2.75) is 31.8 Å². The molecule has 2 aromatic carbocycles. The molecule has 0 spiro atoms. The van der Waals surface area contributed by atoms with Crippen LogP contribution in [0.3, 0.4) is 0 Å². The van der Waals surface area contributed by atoms with Gasteiger partial charge in [-0.25, -0.2) is 0 Å². The third-order valence-electron chi connectivity index (χ3n) is 8.34. The Morgan fingerprint density at radius 2 is 1.87 bits per heavy atom. The minimum atomic E-state index is -0.0199. The van der Waals surface area contributed by atoms with Gasteiger partial charge in [0.25, 0.3) is 0 Å². The molecule has 3 aliphatic rings. The average molecular weight is 547 g/mol. The van der Waals surface area contributed by atoms with E-state index in [0.717, 1.165) is 72.0 Å². The molecular formula is C30H35ClN6O2. The number of aromatic nitrogens is 2. The van der Waals surface area contributed by atoms with Gasteiger partial charge in [-0.15, -0.1) is 0 Å². The summed E-state index contributed by atoms with van der Waals surface area (Å²) >= 11 is 6.68. The van der Waals surface area contributed by atoms with E-state index < -0.39 is 0 Å². The minimum absolute atomic E-state index is 0.0199. The van der Waals surface area contributed by atoms with Crippen molar-refractivity contribution in [3.05, 3.63) is 65.3 Å². The lowest BCUT2D eigenvalue weighted by Gasteiger charge is -2.38. The van der Waals surface area contributed by atoms with Crippen LogP contribution in [0.15, 0.2) is 49.1 Å². The van der Waals surface area contributed by atoms with Crippen LogP contribution in [-0.2, 0) is 17.8 Å². The predicted octanol–water partition coefficient (Wildman–Crippen LogP) is 4.15. The number of anilines is 2. The first-order valence-electron chi connectivity index (χ1n) is 13.8. The maximum atomic E-state index is 12.1. The lowest BCUT2D eigenvalue weighted by molar-refractivity contribution is -0.126. The van der Waals surface area contributed by atoms with Crippen LogP contribution < -0.4 is 14.5 Å². The zero-order valence-corrected chi connectivity index (χ0v) is 23.2. The molecular weight excluding hydrogens is 512 g/mol. The number of ether oxygens (including phenoxy) is 1. The second kappa shape index (κ2) is 11.0. The number of hydrogen-bond acceptors (Lipinski definition) is 7. The van der Waals surface area contributed by atoms with Crippen LogP contribution in [0.2, 0.25) is 5.02 Å². The van der Waals surface area contributed by atoms with Crippen molar-refractivity contribution in [1.82, 2.24) is 19.8 Å². The van der Waals surface area contributed by atoms with E-state index in [9.17, 15) is 4.79 Å². The molecule has 0 radical (unpaired) electrons. The Morgan fingerprint density at radius 1 is 1.08 bits per heavy atom. The highest BCUT2D eigenvalue weighted by atomic mass is 35.5. The van der Waals surface area contributed by atoms with Crippen molar-refractivity contribution in [3.8, 4) is 6.01 Å². The number of hydrogen-bond donors (Lipinski definition) is 0. The van der Waals surface area contributed by atoms with E-state index in [2.05, 4.69) is 52.6 Å². The van der Waals surface area contributed by atoms with Crippen molar-refractivity contribution in [1.29, 1.82) is 0 Å². The number of nitrogens with zero attached hydrogens (tertiary/aromatic N) is 6. The van der Waals surface area contributed by atoms with Gasteiger partial charge < -0.3 is 24.3 Å². The van der Waals surface area contributed by atoms with E-state index >= 15 is 0 Å². The lowest BCUT2D eigenvalue weighted by Crippen LogP contribution is -2.49. The molecule has 8 nitrogen and oxygen atoms in total. The number of amides is 1. The fraction of sp³-hybridized carbons (Fsp3) is 0.433. The molecule has 39 heavy (non-hydrogen) atoms. The summed E-state index contributed by atoms with van der Waals surface area (Å²) in [5, 5.41) is 2.96. The van der Waals surface area contributed by atoms with Gasteiger partial charge in [0, 0.05) is 55.4 Å². The quantitative estimate of drug-likeness (QED) is 0.430. The Hall–Kier alpha value is -3.36. The standard InChI is InChI=1S/C30H35ClN6O2/c1-3-27(38)35-15-17-36(18-16-35)29-23-12-14-37(26-11-5-8-21-7-4-10-24(31)28(21)26)19-25(23)32-30(33-29)39-20-22-9-6-13-34(22)2/h3-5,7-8,10-11,22H,1,6,9,12-20H2,2H3/t22-/m0/s1. The molecule has 2 fully saturated rings. The van der Waals surface area contributed by atoms with Crippen molar-refractivity contribution >= 4 is 39.8 Å². The molecule has 204 valence electrons. The van der Waals surface area contributed by atoms with E-state index in [4.69, 9.17) is 26.3 Å². The molecule has 2 saturated heterocycles. The summed E-state index contributed by atoms with van der Waals surface area (Å²) in [5.41, 5.74) is 3.29. The maximum absolute atomic E-state index is 12.1. The van der Waals surface area contributed by atoms with Crippen molar-refractivity contribution in [2.75, 3.05) is 62.7 Å². The monoisotopic (exact) mass is 546 g/mol. The van der Waals surface area contributed by atoms with Crippen molar-refractivity contribution in [2.24, 2.45) is 0 Å². The molecule has 3 aromatic rings. The van der Waals surface area contributed by atoms with Gasteiger partial charge in [-0.3, -0.25) is 4.79 Å². The number of carbonyl (C=O) groups is 1. The second-order valence-electron chi connectivity index (χ2n) is 10.6. The van der Waals surface area contributed by atoms with Crippen LogP contribution in [0, 0.1) is 0 Å². The van der Waals surface area contributed by atoms with Gasteiger partial charge >= 0.3 is 6.01 Å². The van der Waals surface area contributed by atoms with E-state index in [-0.39, 0.29) is 5.91 Å². The van der Waals surface area contributed by atoms with Gasteiger partial charge in [-0.05, 0) is 56.4 Å². The van der Waals surface area contributed by atoms with Crippen LogP contribution in [0.5, 0.6) is 6.01 Å². The largest absolute Gasteiger partial charge is 0.462 e. The molecule has 4 heterocycles. The summed E-state index contributed by atoms with van der Waals surface area (Å²) in [6.45, 7) is 9.55. The number of benzene rings is 2. The first-order valence-corrected chi connectivity index (χ1v) is 14.2. The normalized spacial score (nSPS) is 19.8. The lowest BCUT2D eigenvalue weighted by atomic mass is 10.0. The van der Waals surface area contributed by atoms with Crippen molar-refractivity contribution in [3.63, 3.8) is 0 Å². The molecule has 6 rings (SSSR count). The third kappa shape index (κ3) is 5.15. The molecule has 9 heteroatoms. The van der Waals surface area contributed by atoms with Crippen LogP contribution in [-0.4, -0.2) is 84.6 Å². The zero-order chi connectivity index (χ0) is 26.9. The maximum Gasteiger partial charge on any atom is 0.318 e. The second-order valence-corrected chi connectivity index (χ2v) is 11.1. The molecule has 3 aliphatic heterocycles. The number of fused-ring (bicyclic) bond motifs is 2. The summed E-state index contributed by atoms with van der Waals surface area (Å²) in [4.78, 5) is 30.9. The summed E-state index contributed by atoms with van der Waals surface area (Å²) < 4.78 is 6.26. The Kier molecular flexibility index (Phi) is 7.32. The fourth-order valence-corrected chi connectivity index (χ4v) is 6.37. The number of halogens is 1. The fourth-order valence-electron chi connectivity index (χ4n) is 6.09. The summed E-state index contributed by atoms with van der Waals surface area (Å²) in [7, 11) is 2.15. The van der Waals surface area contributed by atoms with Gasteiger partial charge in [0.2, 0.25) is 5.91 Å². The van der Waals surface area contributed by atoms with Gasteiger partial charge in [0.15, 0.2) is 0 Å². The molecule has 1 amide bonds. The van der Waals surface area contributed by atoms with Gasteiger partial charge in [0.05, 0.1) is 17.3 Å². The smallest absolute Gasteiger partial charge is 0.318 e. The highest BCUT2D eigenvalue weighted by Crippen LogP contribution is 2.37. The van der Waals surface area contributed by atoms with E-state index in [1.165, 1.54) is 18.1 Å². The van der Waals surface area contributed by atoms with Crippen LogP contribution in [0.1, 0.15) is 24.1 Å². The van der Waals surface area contributed by atoms with Gasteiger partial charge in [-0.2, -0.15) is 9.97 Å². The highest BCUT2D eigenvalue weighted by Gasteiger charge is 2.30. The summed E-state index contributed by atoms with van der Waals surface area (Å²) in [6.07, 6.45) is 4.53. The zero-order valence-electron chi connectivity index (χ0n) is 22.5. The molecule has 0 saturated carbocycles. The van der Waals surface area contributed by atoms with E-state index in [0.29, 0.717) is 38.3 Å². The Morgan fingerprint density at radius 3 is 2.62 bits per heavy atom. The summed E-state index contributed by atoms with van der Waals surface area (Å²) in [6, 6.07) is 13.2. The first kappa shape index (κ1) is 25.9. The molecule has 1 atom stereocenters. The number of likely N-dealkylation sites (N-methyl/N-ethyl adjacent to an activating group) is 1. The SMILES string of the molecule is C=CC(=O)N1CCN(c2nc(OC[C@@H]3CCCN3C)nc3c2CCN(c2cccc4cccc(Cl)c24)C3)CC1. The Balaban J connectivity index is 1.31. The number of carbonyl (C=O) groups excluding carboxylic acids is 1. The van der Waals surface area contributed by atoms with Crippen molar-refractivity contribution < 1.29 is 9.53 Å². The van der Waals surface area contributed by atoms with E-state index in [1.54, 1.807) is 0 Å². The highest BCUT2D eigenvalue weighted by molar-refractivity contribution is 6.36. The topological polar surface area (TPSA) is 65.0 Å². The Labute approximate surface area is 234 Å². The Bertz CT molecular complexity index is 1380. The molecule has 0 aliphatic carbocycles. The van der Waals surface area contributed by atoms with E-state index in [1.807, 2.05) is 17.0 Å². The molecule has 0 unspecified atom stereocenters. The van der Waals surface area contributed by atoms with Crippen LogP contribution in [0.25, 0.3) is 10.8 Å². The number of rotatable bonds is 6. The number of piperazine rings is 1. The number of likely N-dealkylation sites (tertiary alicyclic amines) is 1. The first-order chi connectivity index (χ1) is 19.0. The van der Waals surface area contributed by atoms with Crippen LogP contribution >= 0.6 is 11.6 Å². The minimum Gasteiger partial charge on any atom is -0.462 e. The van der Waals surface area contributed by atoms with Gasteiger partial charge in [-0.1, -0.05) is 42.4 Å². The summed E-state index contributed by atoms with van der Waals surface area (Å²) in [5.74, 6) is 0.921. The molecule has 1 aromatic heterocycles.